The number of fused-ring (bicyclic) bond motifs is 1. The maximum absolute atomic E-state index is 12.8. The van der Waals surface area contributed by atoms with Gasteiger partial charge in [-0.3, -0.25) is 9.59 Å². The maximum atomic E-state index is 12.8. The molecule has 1 aromatic heterocycles. The van der Waals surface area contributed by atoms with Crippen LogP contribution < -0.4 is 10.3 Å². The van der Waals surface area contributed by atoms with Crippen LogP contribution in [-0.2, 0) is 6.42 Å². The maximum Gasteiger partial charge on any atom is 0.260 e. The topological polar surface area (TPSA) is 103 Å². The summed E-state index contributed by atoms with van der Waals surface area (Å²) in [4.78, 5) is 28.9. The first-order chi connectivity index (χ1) is 14.1. The molecule has 0 saturated carbocycles. The zero-order valence-corrected chi connectivity index (χ0v) is 16.4. The molecular weight excluding hydrogens is 372 g/mol. The fourth-order valence-corrected chi connectivity index (χ4v) is 3.49. The van der Waals surface area contributed by atoms with Gasteiger partial charge >= 0.3 is 0 Å². The smallest absolute Gasteiger partial charge is 0.260 e. The first-order valence-corrected chi connectivity index (χ1v) is 10.1. The highest BCUT2D eigenvalue weighted by Crippen LogP contribution is 2.21. The lowest BCUT2D eigenvalue weighted by Crippen LogP contribution is -2.40. The van der Waals surface area contributed by atoms with Crippen molar-refractivity contribution in [2.24, 2.45) is 0 Å². The number of pyridine rings is 1. The second-order valence-electron chi connectivity index (χ2n) is 7.36. The number of nitrogens with zero attached hydrogens (tertiary/aromatic N) is 1. The van der Waals surface area contributed by atoms with E-state index in [0.29, 0.717) is 6.54 Å². The number of ether oxygens (including phenoxy) is 1. The van der Waals surface area contributed by atoms with E-state index in [9.17, 15) is 19.8 Å². The molecular formula is C22H28N2O5. The van der Waals surface area contributed by atoms with E-state index in [1.165, 1.54) is 12.3 Å². The first-order valence-electron chi connectivity index (χ1n) is 10.1. The van der Waals surface area contributed by atoms with Crippen LogP contribution in [0.3, 0.4) is 0 Å². The number of aliphatic hydroxyl groups excluding tert-OH is 2. The molecule has 2 heterocycles. The van der Waals surface area contributed by atoms with Crippen molar-refractivity contribution in [2.75, 3.05) is 19.7 Å². The summed E-state index contributed by atoms with van der Waals surface area (Å²) >= 11 is 0. The van der Waals surface area contributed by atoms with Crippen molar-refractivity contribution < 1.29 is 19.7 Å². The molecule has 1 aromatic carbocycles. The standard InChI is InChI=1S/C22H28N2O5/c25-18-11-14-24(22(28)17-9-6-12-23-21(17)27)13-5-1-2-7-16-8-3-4-10-20(16)29-15-19(18)26/h3-4,6,8-10,12,18-19,25-26H,1-2,5,7,11,13-15H2,(H,23,27)/t18-,19+/m0/s1. The molecule has 0 unspecified atom stereocenters. The normalized spacial score (nSPS) is 21.5. The molecule has 29 heavy (non-hydrogen) atoms. The van der Waals surface area contributed by atoms with E-state index in [2.05, 4.69) is 4.98 Å². The van der Waals surface area contributed by atoms with E-state index in [1.807, 2.05) is 24.3 Å². The lowest BCUT2D eigenvalue weighted by molar-refractivity contribution is -0.0153. The number of aromatic amines is 1. The SMILES string of the molecule is O=C(c1ccc[nH]c1=O)N1CCCCCc2ccccc2OC[C@@H](O)[C@@H](O)CC1. The summed E-state index contributed by atoms with van der Waals surface area (Å²) in [6.45, 7) is 0.723. The van der Waals surface area contributed by atoms with Crippen molar-refractivity contribution in [2.45, 2.75) is 44.3 Å². The van der Waals surface area contributed by atoms with Gasteiger partial charge in [0.25, 0.3) is 11.5 Å². The number of rotatable bonds is 1. The number of para-hydroxylation sites is 1. The van der Waals surface area contributed by atoms with Gasteiger partial charge in [0.05, 0.1) is 6.10 Å². The zero-order chi connectivity index (χ0) is 20.6. The summed E-state index contributed by atoms with van der Waals surface area (Å²) in [5.41, 5.74) is 0.721. The Hall–Kier alpha value is -2.64. The van der Waals surface area contributed by atoms with Crippen LogP contribution in [-0.4, -0.2) is 57.9 Å². The average Bonchev–Trinajstić information content (AvgIpc) is 2.73. The second kappa shape index (κ2) is 10.2. The molecule has 1 amide bonds. The Balaban J connectivity index is 1.73. The van der Waals surface area contributed by atoms with Crippen LogP contribution in [0.25, 0.3) is 0 Å². The van der Waals surface area contributed by atoms with Crippen molar-refractivity contribution in [3.8, 4) is 5.75 Å². The molecule has 3 N–H and O–H groups in total. The Bertz CT molecular complexity index is 866. The van der Waals surface area contributed by atoms with Gasteiger partial charge in [-0.1, -0.05) is 24.6 Å². The van der Waals surface area contributed by atoms with Crippen LogP contribution in [0.15, 0.2) is 47.4 Å². The number of hydrogen-bond acceptors (Lipinski definition) is 5. The number of amides is 1. The summed E-state index contributed by atoms with van der Waals surface area (Å²) in [7, 11) is 0. The monoisotopic (exact) mass is 400 g/mol. The van der Waals surface area contributed by atoms with Crippen LogP contribution in [0.1, 0.15) is 41.6 Å². The van der Waals surface area contributed by atoms with Gasteiger partial charge in [-0.15, -0.1) is 0 Å². The molecule has 7 heteroatoms. The van der Waals surface area contributed by atoms with Gasteiger partial charge in [-0.25, -0.2) is 0 Å². The largest absolute Gasteiger partial charge is 0.491 e. The summed E-state index contributed by atoms with van der Waals surface area (Å²) < 4.78 is 5.74. The van der Waals surface area contributed by atoms with Gasteiger partial charge in [0.2, 0.25) is 0 Å². The van der Waals surface area contributed by atoms with Gasteiger partial charge in [0, 0.05) is 19.3 Å². The molecule has 1 aliphatic heterocycles. The third kappa shape index (κ3) is 5.68. The highest BCUT2D eigenvalue weighted by molar-refractivity contribution is 5.93. The molecule has 0 saturated heterocycles. The number of hydrogen-bond donors (Lipinski definition) is 3. The van der Waals surface area contributed by atoms with Gasteiger partial charge in [0.15, 0.2) is 0 Å². The fraction of sp³-hybridized carbons (Fsp3) is 0.455. The Morgan fingerprint density at radius 1 is 1.03 bits per heavy atom. The minimum Gasteiger partial charge on any atom is -0.491 e. The number of benzene rings is 1. The number of carbonyl (C=O) groups excluding carboxylic acids is 1. The van der Waals surface area contributed by atoms with Gasteiger partial charge < -0.3 is 24.8 Å². The van der Waals surface area contributed by atoms with Crippen LogP contribution in [0.2, 0.25) is 0 Å². The molecule has 0 radical (unpaired) electrons. The molecule has 3 rings (SSSR count). The molecule has 2 atom stereocenters. The highest BCUT2D eigenvalue weighted by Gasteiger charge is 2.23. The minimum absolute atomic E-state index is 0.0233. The molecule has 0 spiro atoms. The number of aryl methyl sites for hydroxylation is 1. The number of aromatic nitrogens is 1. The highest BCUT2D eigenvalue weighted by atomic mass is 16.5. The van der Waals surface area contributed by atoms with Crippen LogP contribution >= 0.6 is 0 Å². The molecule has 0 bridgehead atoms. The van der Waals surface area contributed by atoms with Crippen LogP contribution in [0.5, 0.6) is 5.75 Å². The Morgan fingerprint density at radius 2 is 1.86 bits per heavy atom. The fourth-order valence-electron chi connectivity index (χ4n) is 3.49. The first kappa shape index (κ1) is 21.1. The van der Waals surface area contributed by atoms with Gasteiger partial charge in [-0.05, 0) is 49.4 Å². The predicted octanol–water partition coefficient (Wildman–Crippen LogP) is 1.73. The Morgan fingerprint density at radius 3 is 2.69 bits per heavy atom. The van der Waals surface area contributed by atoms with E-state index in [1.54, 1.807) is 11.0 Å². The Kier molecular flexibility index (Phi) is 7.43. The van der Waals surface area contributed by atoms with Gasteiger partial charge in [-0.2, -0.15) is 0 Å². The third-order valence-electron chi connectivity index (χ3n) is 5.23. The molecule has 2 aromatic rings. The van der Waals surface area contributed by atoms with Crippen molar-refractivity contribution in [1.29, 1.82) is 0 Å². The molecule has 1 aliphatic rings. The molecule has 156 valence electrons. The van der Waals surface area contributed by atoms with Crippen molar-refractivity contribution >= 4 is 5.91 Å². The van der Waals surface area contributed by atoms with E-state index in [4.69, 9.17) is 4.74 Å². The van der Waals surface area contributed by atoms with Crippen molar-refractivity contribution in [3.05, 3.63) is 64.1 Å². The van der Waals surface area contributed by atoms with E-state index >= 15 is 0 Å². The number of H-pyrrole nitrogens is 1. The molecule has 0 fully saturated rings. The van der Waals surface area contributed by atoms with Crippen LogP contribution in [0.4, 0.5) is 0 Å². The lowest BCUT2D eigenvalue weighted by Gasteiger charge is -2.26. The van der Waals surface area contributed by atoms with E-state index in [0.717, 1.165) is 37.0 Å². The number of aliphatic hydroxyl groups is 2. The number of carbonyl (C=O) groups is 1. The Labute approximate surface area is 170 Å². The summed E-state index contributed by atoms with van der Waals surface area (Å²) in [6, 6.07) is 10.8. The van der Waals surface area contributed by atoms with E-state index < -0.39 is 17.8 Å². The molecule has 7 nitrogen and oxygen atoms in total. The summed E-state index contributed by atoms with van der Waals surface area (Å²) in [6.07, 6.45) is 3.08. The lowest BCUT2D eigenvalue weighted by atomic mass is 10.0. The minimum atomic E-state index is -1.07. The number of nitrogens with one attached hydrogen (secondary N) is 1. The third-order valence-corrected chi connectivity index (χ3v) is 5.23. The van der Waals surface area contributed by atoms with Crippen molar-refractivity contribution in [1.82, 2.24) is 9.88 Å². The van der Waals surface area contributed by atoms with E-state index in [-0.39, 0.29) is 31.0 Å². The van der Waals surface area contributed by atoms with Crippen molar-refractivity contribution in [3.63, 3.8) is 0 Å². The molecule has 0 aliphatic carbocycles. The zero-order valence-electron chi connectivity index (χ0n) is 16.4. The summed E-state index contributed by atoms with van der Waals surface area (Å²) in [5, 5.41) is 20.6. The quantitative estimate of drug-likeness (QED) is 0.677. The second-order valence-corrected chi connectivity index (χ2v) is 7.36. The predicted molar refractivity (Wildman–Crippen MR) is 109 cm³/mol. The van der Waals surface area contributed by atoms with Crippen LogP contribution in [0, 0.1) is 0 Å². The van der Waals surface area contributed by atoms with Gasteiger partial charge in [0.1, 0.15) is 24.0 Å². The summed E-state index contributed by atoms with van der Waals surface area (Å²) in [5.74, 6) is 0.373. The average molecular weight is 400 g/mol.